The molecule has 0 aliphatic carbocycles. The van der Waals surface area contributed by atoms with Gasteiger partial charge in [-0.1, -0.05) is 19.9 Å². The summed E-state index contributed by atoms with van der Waals surface area (Å²) in [6.07, 6.45) is 1.68. The normalized spacial score (nSPS) is 13.3. The fourth-order valence-electron chi connectivity index (χ4n) is 2.10. The standard InChI is InChI=1S/C15H26N2O2S2/c1-4-13-6-7-15(10-14(13)11-16)21(18,19)17-12(3)8-9-20-5-2/h6-7,10,12,17H,4-5,8-9,11,16H2,1-3H3. The molecule has 0 radical (unpaired) electrons. The van der Waals surface area contributed by atoms with Crippen molar-refractivity contribution in [3.05, 3.63) is 29.3 Å². The molecular formula is C15H26N2O2S2. The van der Waals surface area contributed by atoms with E-state index in [0.29, 0.717) is 11.4 Å². The van der Waals surface area contributed by atoms with Crippen molar-refractivity contribution < 1.29 is 8.42 Å². The highest BCUT2D eigenvalue weighted by atomic mass is 32.2. The fourth-order valence-corrected chi connectivity index (χ4v) is 4.24. The van der Waals surface area contributed by atoms with Crippen molar-refractivity contribution in [2.75, 3.05) is 11.5 Å². The Morgan fingerprint density at radius 1 is 1.29 bits per heavy atom. The first-order chi connectivity index (χ1) is 9.94. The molecule has 21 heavy (non-hydrogen) atoms. The van der Waals surface area contributed by atoms with Crippen LogP contribution in [0.4, 0.5) is 0 Å². The summed E-state index contributed by atoms with van der Waals surface area (Å²) in [5, 5.41) is 0. The second-order valence-electron chi connectivity index (χ2n) is 5.00. The molecule has 0 fully saturated rings. The van der Waals surface area contributed by atoms with Crippen molar-refractivity contribution in [2.45, 2.75) is 51.1 Å². The third-order valence-electron chi connectivity index (χ3n) is 3.34. The van der Waals surface area contributed by atoms with Crippen LogP contribution >= 0.6 is 11.8 Å². The van der Waals surface area contributed by atoms with Crippen LogP contribution < -0.4 is 10.5 Å². The Balaban J connectivity index is 2.82. The van der Waals surface area contributed by atoms with Gasteiger partial charge in [0.25, 0.3) is 0 Å². The van der Waals surface area contributed by atoms with E-state index in [2.05, 4.69) is 11.6 Å². The zero-order valence-electron chi connectivity index (χ0n) is 13.1. The summed E-state index contributed by atoms with van der Waals surface area (Å²) in [6.45, 7) is 6.39. The highest BCUT2D eigenvalue weighted by Gasteiger charge is 2.18. The molecule has 3 N–H and O–H groups in total. The average Bonchev–Trinajstić information content (AvgIpc) is 2.46. The predicted octanol–water partition coefficient (Wildman–Crippen LogP) is 2.52. The molecule has 1 aromatic rings. The lowest BCUT2D eigenvalue weighted by Crippen LogP contribution is -2.33. The van der Waals surface area contributed by atoms with Crippen LogP contribution in [0.2, 0.25) is 0 Å². The number of nitrogens with one attached hydrogen (secondary N) is 1. The maximum atomic E-state index is 12.4. The summed E-state index contributed by atoms with van der Waals surface area (Å²) < 4.78 is 27.5. The van der Waals surface area contributed by atoms with Gasteiger partial charge in [0.15, 0.2) is 0 Å². The van der Waals surface area contributed by atoms with Crippen molar-refractivity contribution in [1.82, 2.24) is 4.72 Å². The van der Waals surface area contributed by atoms with E-state index < -0.39 is 10.0 Å². The molecule has 0 heterocycles. The first-order valence-corrected chi connectivity index (χ1v) is 10.00. The minimum absolute atomic E-state index is 0.0683. The number of thioether (sulfide) groups is 1. The maximum Gasteiger partial charge on any atom is 0.240 e. The smallest absolute Gasteiger partial charge is 0.240 e. The van der Waals surface area contributed by atoms with E-state index in [0.717, 1.165) is 35.5 Å². The molecule has 0 saturated carbocycles. The van der Waals surface area contributed by atoms with Gasteiger partial charge in [0, 0.05) is 12.6 Å². The lowest BCUT2D eigenvalue weighted by Gasteiger charge is -2.15. The summed E-state index contributed by atoms with van der Waals surface area (Å²) in [5.74, 6) is 2.01. The number of nitrogens with two attached hydrogens (primary N) is 1. The number of aryl methyl sites for hydroxylation is 1. The van der Waals surface area contributed by atoms with Gasteiger partial charge >= 0.3 is 0 Å². The van der Waals surface area contributed by atoms with Gasteiger partial charge in [0.1, 0.15) is 0 Å². The molecule has 120 valence electrons. The number of benzene rings is 1. The lowest BCUT2D eigenvalue weighted by molar-refractivity contribution is 0.557. The minimum Gasteiger partial charge on any atom is -0.326 e. The van der Waals surface area contributed by atoms with Gasteiger partial charge in [-0.15, -0.1) is 0 Å². The Kier molecular flexibility index (Phi) is 7.73. The van der Waals surface area contributed by atoms with Crippen molar-refractivity contribution in [1.29, 1.82) is 0 Å². The summed E-state index contributed by atoms with van der Waals surface area (Å²) in [5.41, 5.74) is 7.70. The van der Waals surface area contributed by atoms with Crippen LogP contribution in [0, 0.1) is 0 Å². The largest absolute Gasteiger partial charge is 0.326 e. The van der Waals surface area contributed by atoms with E-state index in [1.165, 1.54) is 0 Å². The van der Waals surface area contributed by atoms with E-state index in [1.807, 2.05) is 31.7 Å². The molecule has 4 nitrogen and oxygen atoms in total. The van der Waals surface area contributed by atoms with Crippen LogP contribution in [-0.2, 0) is 23.0 Å². The summed E-state index contributed by atoms with van der Waals surface area (Å²) in [4.78, 5) is 0.301. The van der Waals surface area contributed by atoms with Gasteiger partial charge in [-0.05, 0) is 54.5 Å². The van der Waals surface area contributed by atoms with E-state index in [9.17, 15) is 8.42 Å². The third kappa shape index (κ3) is 5.62. The zero-order valence-corrected chi connectivity index (χ0v) is 14.7. The van der Waals surface area contributed by atoms with Gasteiger partial charge in [-0.25, -0.2) is 13.1 Å². The van der Waals surface area contributed by atoms with Crippen LogP contribution in [0.3, 0.4) is 0 Å². The summed E-state index contributed by atoms with van der Waals surface area (Å²) in [7, 11) is -3.47. The van der Waals surface area contributed by atoms with E-state index in [-0.39, 0.29) is 6.04 Å². The van der Waals surface area contributed by atoms with Crippen LogP contribution in [0.25, 0.3) is 0 Å². The molecule has 6 heteroatoms. The highest BCUT2D eigenvalue weighted by molar-refractivity contribution is 7.99. The van der Waals surface area contributed by atoms with Gasteiger partial charge < -0.3 is 5.73 Å². The molecule has 1 aromatic carbocycles. The Labute approximate surface area is 132 Å². The Morgan fingerprint density at radius 3 is 2.57 bits per heavy atom. The van der Waals surface area contributed by atoms with E-state index in [1.54, 1.807) is 12.1 Å². The third-order valence-corrected chi connectivity index (χ3v) is 5.86. The van der Waals surface area contributed by atoms with Gasteiger partial charge in [0.2, 0.25) is 10.0 Å². The second kappa shape index (κ2) is 8.78. The molecule has 0 saturated heterocycles. The predicted molar refractivity (Wildman–Crippen MR) is 91.1 cm³/mol. The lowest BCUT2D eigenvalue weighted by atomic mass is 10.1. The molecule has 1 rings (SSSR count). The highest BCUT2D eigenvalue weighted by Crippen LogP contribution is 2.17. The molecule has 0 spiro atoms. The average molecular weight is 331 g/mol. The van der Waals surface area contributed by atoms with E-state index in [4.69, 9.17) is 5.73 Å². The van der Waals surface area contributed by atoms with Crippen LogP contribution in [0.15, 0.2) is 23.1 Å². The summed E-state index contributed by atoms with van der Waals surface area (Å²) in [6, 6.07) is 5.14. The molecular weight excluding hydrogens is 304 g/mol. The number of sulfonamides is 1. The first kappa shape index (κ1) is 18.5. The molecule has 0 amide bonds. The fraction of sp³-hybridized carbons (Fsp3) is 0.600. The van der Waals surface area contributed by atoms with Crippen LogP contribution in [0.1, 0.15) is 38.3 Å². The van der Waals surface area contributed by atoms with Gasteiger partial charge in [-0.3, -0.25) is 0 Å². The second-order valence-corrected chi connectivity index (χ2v) is 8.10. The minimum atomic E-state index is -3.47. The monoisotopic (exact) mass is 330 g/mol. The van der Waals surface area contributed by atoms with Gasteiger partial charge in [0.05, 0.1) is 4.90 Å². The quantitative estimate of drug-likeness (QED) is 0.683. The van der Waals surface area contributed by atoms with E-state index >= 15 is 0 Å². The number of hydrogen-bond acceptors (Lipinski definition) is 4. The van der Waals surface area contributed by atoms with Crippen molar-refractivity contribution in [3.63, 3.8) is 0 Å². The van der Waals surface area contributed by atoms with Crippen LogP contribution in [-0.4, -0.2) is 26.0 Å². The van der Waals surface area contributed by atoms with Crippen molar-refractivity contribution in [2.24, 2.45) is 5.73 Å². The number of rotatable bonds is 9. The molecule has 0 aromatic heterocycles. The van der Waals surface area contributed by atoms with Crippen molar-refractivity contribution in [3.8, 4) is 0 Å². The SMILES string of the molecule is CCSCCC(C)NS(=O)(=O)c1ccc(CC)c(CN)c1. The Morgan fingerprint density at radius 2 is 2.00 bits per heavy atom. The number of hydrogen-bond donors (Lipinski definition) is 2. The summed E-state index contributed by atoms with van der Waals surface area (Å²) >= 11 is 1.82. The first-order valence-electron chi connectivity index (χ1n) is 7.36. The Hall–Kier alpha value is -0.560. The molecule has 0 aliphatic rings. The molecule has 0 aliphatic heterocycles. The molecule has 0 bridgehead atoms. The van der Waals surface area contributed by atoms with Gasteiger partial charge in [-0.2, -0.15) is 11.8 Å². The Bertz CT molecular complexity index is 545. The maximum absolute atomic E-state index is 12.4. The van der Waals surface area contributed by atoms with Crippen LogP contribution in [0.5, 0.6) is 0 Å². The molecule has 1 atom stereocenters. The molecule has 1 unspecified atom stereocenters. The zero-order chi connectivity index (χ0) is 15.9. The topological polar surface area (TPSA) is 72.2 Å². The van der Waals surface area contributed by atoms with Crippen molar-refractivity contribution >= 4 is 21.8 Å².